The smallest absolute Gasteiger partial charge is 0.306 e. The van der Waals surface area contributed by atoms with Crippen LogP contribution in [0.1, 0.15) is 194 Å². The van der Waals surface area contributed by atoms with Crippen LogP contribution in [0.2, 0.25) is 0 Å². The zero-order valence-corrected chi connectivity index (χ0v) is 27.0. The van der Waals surface area contributed by atoms with Crippen molar-refractivity contribution in [2.45, 2.75) is 200 Å². The molecule has 40 heavy (non-hydrogen) atoms. The number of hydrogen-bond donors (Lipinski definition) is 1. The van der Waals surface area contributed by atoms with E-state index < -0.39 is 6.10 Å². The van der Waals surface area contributed by atoms with Crippen LogP contribution in [0.25, 0.3) is 0 Å². The van der Waals surface area contributed by atoms with E-state index in [0.29, 0.717) is 12.8 Å². The highest BCUT2D eigenvalue weighted by Gasteiger charge is 2.15. The van der Waals surface area contributed by atoms with E-state index in [1.165, 1.54) is 141 Å². The second kappa shape index (κ2) is 32.4. The predicted molar refractivity (Wildman–Crippen MR) is 171 cm³/mol. The molecule has 0 bridgehead atoms. The Bertz CT molecular complexity index is 539. The van der Waals surface area contributed by atoms with Crippen LogP contribution in [0.5, 0.6) is 0 Å². The van der Waals surface area contributed by atoms with E-state index in [2.05, 4.69) is 13.8 Å². The van der Waals surface area contributed by atoms with Gasteiger partial charge in [-0.25, -0.2) is 0 Å². The van der Waals surface area contributed by atoms with Crippen molar-refractivity contribution in [3.8, 4) is 0 Å². The van der Waals surface area contributed by atoms with E-state index in [0.717, 1.165) is 25.7 Å². The molecule has 0 amide bonds. The Morgan fingerprint density at radius 1 is 0.475 bits per heavy atom. The third kappa shape index (κ3) is 29.9. The largest absolute Gasteiger partial charge is 0.462 e. The number of ether oxygens (including phenoxy) is 2. The van der Waals surface area contributed by atoms with Gasteiger partial charge in [0.2, 0.25) is 0 Å². The number of hydrogen-bond acceptors (Lipinski definition) is 5. The van der Waals surface area contributed by atoms with Crippen molar-refractivity contribution in [3.63, 3.8) is 0 Å². The van der Waals surface area contributed by atoms with E-state index in [1.54, 1.807) is 0 Å². The van der Waals surface area contributed by atoms with Gasteiger partial charge < -0.3 is 15.2 Å². The quantitative estimate of drug-likeness (QED) is 0.0646. The molecular formula is C35H69NO4. The van der Waals surface area contributed by atoms with Gasteiger partial charge in [0.25, 0.3) is 0 Å². The van der Waals surface area contributed by atoms with Crippen LogP contribution in [-0.2, 0) is 19.1 Å². The normalized spacial score (nSPS) is 12.0. The van der Waals surface area contributed by atoms with Crippen molar-refractivity contribution in [2.75, 3.05) is 13.2 Å². The summed E-state index contributed by atoms with van der Waals surface area (Å²) in [5.41, 5.74) is 5.74. The average Bonchev–Trinajstić information content (AvgIpc) is 2.96. The van der Waals surface area contributed by atoms with Crippen molar-refractivity contribution in [1.29, 1.82) is 0 Å². The van der Waals surface area contributed by atoms with Crippen molar-refractivity contribution in [2.24, 2.45) is 5.73 Å². The number of carbonyl (C=O) groups is 2. The van der Waals surface area contributed by atoms with E-state index in [4.69, 9.17) is 15.2 Å². The lowest BCUT2D eigenvalue weighted by Gasteiger charge is -2.16. The molecule has 0 aromatic heterocycles. The Morgan fingerprint density at radius 2 is 0.775 bits per heavy atom. The fraction of sp³-hybridized carbons (Fsp3) is 0.943. The molecule has 1 unspecified atom stereocenters. The highest BCUT2D eigenvalue weighted by Crippen LogP contribution is 2.15. The minimum Gasteiger partial charge on any atom is -0.462 e. The summed E-state index contributed by atoms with van der Waals surface area (Å²) >= 11 is 0. The van der Waals surface area contributed by atoms with Gasteiger partial charge in [-0.1, -0.05) is 168 Å². The fourth-order valence-corrected chi connectivity index (χ4v) is 5.23. The molecular weight excluding hydrogens is 498 g/mol. The number of carbonyl (C=O) groups excluding carboxylic acids is 2. The molecule has 5 nitrogen and oxygen atoms in total. The maximum atomic E-state index is 12.2. The molecule has 0 aliphatic heterocycles. The number of rotatable bonds is 32. The van der Waals surface area contributed by atoms with Crippen LogP contribution in [0.4, 0.5) is 0 Å². The predicted octanol–water partition coefficient (Wildman–Crippen LogP) is 10.4. The molecule has 0 radical (unpaired) electrons. The lowest BCUT2D eigenvalue weighted by molar-refractivity contribution is -0.158. The summed E-state index contributed by atoms with van der Waals surface area (Å²) < 4.78 is 10.8. The van der Waals surface area contributed by atoms with Crippen molar-refractivity contribution < 1.29 is 19.1 Å². The second-order valence-corrected chi connectivity index (χ2v) is 12.0. The van der Waals surface area contributed by atoms with Crippen LogP contribution >= 0.6 is 0 Å². The van der Waals surface area contributed by atoms with Crippen LogP contribution in [-0.4, -0.2) is 31.2 Å². The summed E-state index contributed by atoms with van der Waals surface area (Å²) in [6.07, 6.45) is 33.6. The summed E-state index contributed by atoms with van der Waals surface area (Å²) in [5, 5.41) is 0. The molecule has 5 heteroatoms. The first kappa shape index (κ1) is 38.9. The minimum atomic E-state index is -0.537. The molecule has 1 atom stereocenters. The molecule has 0 saturated heterocycles. The van der Waals surface area contributed by atoms with Crippen molar-refractivity contribution in [1.82, 2.24) is 0 Å². The highest BCUT2D eigenvalue weighted by molar-refractivity contribution is 5.70. The Hall–Kier alpha value is -1.10. The Balaban J connectivity index is 3.52. The van der Waals surface area contributed by atoms with Gasteiger partial charge in [-0.2, -0.15) is 0 Å². The van der Waals surface area contributed by atoms with Crippen molar-refractivity contribution >= 4 is 11.9 Å². The molecule has 0 rings (SSSR count). The van der Waals surface area contributed by atoms with Crippen LogP contribution in [0.3, 0.4) is 0 Å². The molecule has 238 valence electrons. The lowest BCUT2D eigenvalue weighted by atomic mass is 10.0. The van der Waals surface area contributed by atoms with Gasteiger partial charge in [-0.05, 0) is 12.8 Å². The van der Waals surface area contributed by atoms with E-state index in [1.807, 2.05) is 0 Å². The summed E-state index contributed by atoms with van der Waals surface area (Å²) in [6, 6.07) is 0. The number of nitrogens with two attached hydrogens (primary N) is 1. The first-order valence-electron chi connectivity index (χ1n) is 17.7. The zero-order valence-electron chi connectivity index (χ0n) is 27.0. The van der Waals surface area contributed by atoms with Gasteiger partial charge in [0.15, 0.2) is 0 Å². The summed E-state index contributed by atoms with van der Waals surface area (Å²) in [7, 11) is 0. The average molecular weight is 568 g/mol. The molecule has 0 heterocycles. The Labute approximate surface area is 249 Å². The van der Waals surface area contributed by atoms with Crippen molar-refractivity contribution in [3.05, 3.63) is 0 Å². The second-order valence-electron chi connectivity index (χ2n) is 12.0. The Morgan fingerprint density at radius 3 is 1.10 bits per heavy atom. The molecule has 0 spiro atoms. The molecule has 2 N–H and O–H groups in total. The molecule has 0 saturated carbocycles. The number of esters is 2. The third-order valence-electron chi connectivity index (χ3n) is 7.96. The minimum absolute atomic E-state index is 0.0674. The van der Waals surface area contributed by atoms with Gasteiger partial charge in [0.05, 0.1) is 0 Å². The van der Waals surface area contributed by atoms with Gasteiger partial charge >= 0.3 is 11.9 Å². The zero-order chi connectivity index (χ0) is 29.4. The fourth-order valence-electron chi connectivity index (χ4n) is 5.23. The standard InChI is InChI=1S/C35H69NO4/c1-3-5-7-9-11-13-15-16-17-18-20-22-24-26-28-30-35(38)40-33(31-36)32-39-34(37)29-27-25-23-21-19-14-12-10-8-6-4-2/h33H,3-32,36H2,1-2H3. The van der Waals surface area contributed by atoms with E-state index in [9.17, 15) is 9.59 Å². The SMILES string of the molecule is CCCCCCCCCCCCCCCCCC(=O)OC(CN)COC(=O)CCCCCCCCCCCCC. The lowest BCUT2D eigenvalue weighted by Crippen LogP contribution is -2.32. The third-order valence-corrected chi connectivity index (χ3v) is 7.96. The maximum Gasteiger partial charge on any atom is 0.306 e. The van der Waals surface area contributed by atoms with Crippen LogP contribution < -0.4 is 5.73 Å². The highest BCUT2D eigenvalue weighted by atomic mass is 16.6. The van der Waals surface area contributed by atoms with Gasteiger partial charge in [0, 0.05) is 19.4 Å². The van der Waals surface area contributed by atoms with Gasteiger partial charge in [-0.3, -0.25) is 9.59 Å². The summed E-state index contributed by atoms with van der Waals surface area (Å²) in [6.45, 7) is 4.77. The number of unbranched alkanes of at least 4 members (excludes halogenated alkanes) is 24. The molecule has 0 aromatic rings. The van der Waals surface area contributed by atoms with Gasteiger partial charge in [-0.15, -0.1) is 0 Å². The summed E-state index contributed by atoms with van der Waals surface area (Å²) in [5.74, 6) is -0.445. The van der Waals surface area contributed by atoms with Crippen LogP contribution in [0.15, 0.2) is 0 Å². The molecule has 0 aliphatic carbocycles. The van der Waals surface area contributed by atoms with E-state index in [-0.39, 0.29) is 25.1 Å². The first-order valence-corrected chi connectivity index (χ1v) is 17.7. The Kier molecular flexibility index (Phi) is 31.5. The monoisotopic (exact) mass is 568 g/mol. The molecule has 0 aliphatic rings. The molecule has 0 fully saturated rings. The summed E-state index contributed by atoms with van der Waals surface area (Å²) in [4.78, 5) is 24.2. The van der Waals surface area contributed by atoms with E-state index >= 15 is 0 Å². The topological polar surface area (TPSA) is 78.6 Å². The first-order chi connectivity index (χ1) is 19.6. The van der Waals surface area contributed by atoms with Gasteiger partial charge in [0.1, 0.15) is 12.7 Å². The maximum absolute atomic E-state index is 12.2. The molecule has 0 aromatic carbocycles. The van der Waals surface area contributed by atoms with Crippen LogP contribution in [0, 0.1) is 0 Å².